The molecule has 0 spiro atoms. The Kier molecular flexibility index (Phi) is 5.62. The second-order valence-corrected chi connectivity index (χ2v) is 5.86. The molecule has 2 aromatic rings. The molecule has 0 radical (unpaired) electrons. The summed E-state index contributed by atoms with van der Waals surface area (Å²) in [6.07, 6.45) is -0.709. The van der Waals surface area contributed by atoms with Gasteiger partial charge in [-0.2, -0.15) is 5.10 Å². The lowest BCUT2D eigenvalue weighted by atomic mass is 10.1. The summed E-state index contributed by atoms with van der Waals surface area (Å²) < 4.78 is 12.7. The molecular weight excluding hydrogens is 308 g/mol. The number of ether oxygens (including phenoxy) is 2. The van der Waals surface area contributed by atoms with Gasteiger partial charge in [-0.1, -0.05) is 0 Å². The number of carbonyl (C=O) groups excluding carboxylic acids is 1. The SMILES string of the molecule is COc1cc(C(C)=O)ccc1OC[C@H](O)Cn1nc(C)c(C)c1C. The first-order valence-corrected chi connectivity index (χ1v) is 7.84. The molecule has 0 aliphatic heterocycles. The van der Waals surface area contributed by atoms with E-state index in [4.69, 9.17) is 9.47 Å². The number of hydrogen-bond acceptors (Lipinski definition) is 5. The maximum absolute atomic E-state index is 11.4. The van der Waals surface area contributed by atoms with Gasteiger partial charge in [0.2, 0.25) is 0 Å². The summed E-state index contributed by atoms with van der Waals surface area (Å²) in [4.78, 5) is 11.4. The van der Waals surface area contributed by atoms with E-state index >= 15 is 0 Å². The molecular formula is C18H24N2O4. The maximum Gasteiger partial charge on any atom is 0.161 e. The molecule has 1 N–H and O–H groups in total. The molecule has 1 aromatic heterocycles. The molecule has 6 nitrogen and oxygen atoms in total. The van der Waals surface area contributed by atoms with Crippen LogP contribution >= 0.6 is 0 Å². The predicted molar refractivity (Wildman–Crippen MR) is 90.9 cm³/mol. The smallest absolute Gasteiger partial charge is 0.161 e. The molecule has 0 amide bonds. The highest BCUT2D eigenvalue weighted by Gasteiger charge is 2.14. The van der Waals surface area contributed by atoms with Crippen molar-refractivity contribution in [2.75, 3.05) is 13.7 Å². The molecule has 1 heterocycles. The third-order valence-electron chi connectivity index (χ3n) is 4.13. The number of aliphatic hydroxyl groups excluding tert-OH is 1. The molecule has 0 unspecified atom stereocenters. The minimum absolute atomic E-state index is 0.0419. The van der Waals surface area contributed by atoms with Gasteiger partial charge in [0.05, 0.1) is 19.3 Å². The molecule has 0 saturated carbocycles. The van der Waals surface area contributed by atoms with Gasteiger partial charge in [0.25, 0.3) is 0 Å². The van der Waals surface area contributed by atoms with Gasteiger partial charge in [0.1, 0.15) is 12.7 Å². The van der Waals surface area contributed by atoms with Gasteiger partial charge in [-0.3, -0.25) is 9.48 Å². The van der Waals surface area contributed by atoms with Crippen molar-refractivity contribution >= 4 is 5.78 Å². The monoisotopic (exact) mass is 332 g/mol. The van der Waals surface area contributed by atoms with Crippen molar-refractivity contribution in [3.63, 3.8) is 0 Å². The zero-order valence-corrected chi connectivity index (χ0v) is 14.8. The van der Waals surface area contributed by atoms with Gasteiger partial charge in [-0.05, 0) is 51.5 Å². The van der Waals surface area contributed by atoms with Crippen LogP contribution in [-0.2, 0) is 6.54 Å². The zero-order chi connectivity index (χ0) is 17.9. The third kappa shape index (κ3) is 3.94. The molecule has 130 valence electrons. The summed E-state index contributed by atoms with van der Waals surface area (Å²) in [5, 5.41) is 14.6. The summed E-state index contributed by atoms with van der Waals surface area (Å²) in [6, 6.07) is 4.99. The van der Waals surface area contributed by atoms with Crippen LogP contribution in [0.1, 0.15) is 34.2 Å². The molecule has 1 atom stereocenters. The van der Waals surface area contributed by atoms with Crippen LogP contribution in [0.5, 0.6) is 11.5 Å². The Balaban J connectivity index is 2.02. The Morgan fingerprint density at radius 1 is 1.29 bits per heavy atom. The second-order valence-electron chi connectivity index (χ2n) is 5.86. The van der Waals surface area contributed by atoms with Crippen molar-refractivity contribution in [3.8, 4) is 11.5 Å². The Morgan fingerprint density at radius 3 is 2.54 bits per heavy atom. The number of carbonyl (C=O) groups is 1. The largest absolute Gasteiger partial charge is 0.493 e. The number of benzene rings is 1. The highest BCUT2D eigenvalue weighted by atomic mass is 16.5. The fraction of sp³-hybridized carbons (Fsp3) is 0.444. The quantitative estimate of drug-likeness (QED) is 0.789. The van der Waals surface area contributed by atoms with Gasteiger partial charge < -0.3 is 14.6 Å². The fourth-order valence-corrected chi connectivity index (χ4v) is 2.41. The van der Waals surface area contributed by atoms with Crippen LogP contribution in [0.15, 0.2) is 18.2 Å². The molecule has 6 heteroatoms. The summed E-state index contributed by atoms with van der Waals surface area (Å²) in [7, 11) is 1.52. The molecule has 0 fully saturated rings. The van der Waals surface area contributed by atoms with Crippen LogP contribution < -0.4 is 9.47 Å². The minimum atomic E-state index is -0.709. The lowest BCUT2D eigenvalue weighted by Crippen LogP contribution is -2.25. The van der Waals surface area contributed by atoms with E-state index in [-0.39, 0.29) is 12.4 Å². The molecule has 24 heavy (non-hydrogen) atoms. The Labute approximate surface area is 142 Å². The van der Waals surface area contributed by atoms with Crippen molar-refractivity contribution in [2.24, 2.45) is 0 Å². The first-order valence-electron chi connectivity index (χ1n) is 7.84. The molecule has 0 saturated heterocycles. The Morgan fingerprint density at radius 2 is 2.00 bits per heavy atom. The van der Waals surface area contributed by atoms with Crippen LogP contribution in [0.2, 0.25) is 0 Å². The highest BCUT2D eigenvalue weighted by molar-refractivity contribution is 5.94. The topological polar surface area (TPSA) is 73.6 Å². The van der Waals surface area contributed by atoms with Crippen molar-refractivity contribution in [3.05, 3.63) is 40.7 Å². The van der Waals surface area contributed by atoms with Crippen LogP contribution in [0.3, 0.4) is 0 Å². The number of aryl methyl sites for hydroxylation is 1. The second kappa shape index (κ2) is 7.49. The lowest BCUT2D eigenvalue weighted by Gasteiger charge is -2.15. The average Bonchev–Trinajstić information content (AvgIpc) is 2.79. The van der Waals surface area contributed by atoms with Crippen LogP contribution in [0.4, 0.5) is 0 Å². The number of rotatable bonds is 7. The first-order chi connectivity index (χ1) is 11.3. The first kappa shape index (κ1) is 18.0. The van der Waals surface area contributed by atoms with Crippen molar-refractivity contribution < 1.29 is 19.4 Å². The Bertz CT molecular complexity index is 737. The van der Waals surface area contributed by atoms with Crippen LogP contribution in [-0.4, -0.2) is 40.5 Å². The Hall–Kier alpha value is -2.34. The number of aromatic nitrogens is 2. The van der Waals surface area contributed by atoms with E-state index in [1.807, 2.05) is 20.8 Å². The fourth-order valence-electron chi connectivity index (χ4n) is 2.41. The van der Waals surface area contributed by atoms with E-state index in [1.165, 1.54) is 14.0 Å². The lowest BCUT2D eigenvalue weighted by molar-refractivity contribution is 0.0871. The number of aliphatic hydroxyl groups is 1. The summed E-state index contributed by atoms with van der Waals surface area (Å²) in [5.74, 6) is 0.919. The molecule has 0 aliphatic carbocycles. The summed E-state index contributed by atoms with van der Waals surface area (Å²) in [6.45, 7) is 7.89. The third-order valence-corrected chi connectivity index (χ3v) is 4.13. The van der Waals surface area contributed by atoms with Gasteiger partial charge in [0.15, 0.2) is 17.3 Å². The van der Waals surface area contributed by atoms with E-state index in [0.717, 1.165) is 17.0 Å². The molecule has 0 bridgehead atoms. The standard InChI is InChI=1S/C18H24N2O4/c1-11-12(2)19-20(13(11)3)9-16(22)10-24-17-7-6-15(14(4)21)8-18(17)23-5/h6-8,16,22H,9-10H2,1-5H3/t16-/m1/s1. The minimum Gasteiger partial charge on any atom is -0.493 e. The van der Waals surface area contributed by atoms with E-state index < -0.39 is 6.10 Å². The number of hydrogen-bond donors (Lipinski definition) is 1. The maximum atomic E-state index is 11.4. The van der Waals surface area contributed by atoms with E-state index in [2.05, 4.69) is 5.10 Å². The van der Waals surface area contributed by atoms with Crippen molar-refractivity contribution in [1.82, 2.24) is 9.78 Å². The summed E-state index contributed by atoms with van der Waals surface area (Å²) in [5.41, 5.74) is 3.68. The van der Waals surface area contributed by atoms with Crippen molar-refractivity contribution in [2.45, 2.75) is 40.3 Å². The number of methoxy groups -OCH3 is 1. The van der Waals surface area contributed by atoms with E-state index in [9.17, 15) is 9.90 Å². The molecule has 0 aliphatic rings. The van der Waals surface area contributed by atoms with E-state index in [0.29, 0.717) is 23.6 Å². The number of Topliss-reactive ketones (excluding diaryl/α,β-unsaturated/α-hetero) is 1. The predicted octanol–water partition coefficient (Wildman–Crippen LogP) is 2.46. The normalized spacial score (nSPS) is 12.1. The summed E-state index contributed by atoms with van der Waals surface area (Å²) >= 11 is 0. The number of nitrogens with zero attached hydrogens (tertiary/aromatic N) is 2. The van der Waals surface area contributed by atoms with Gasteiger partial charge in [-0.15, -0.1) is 0 Å². The van der Waals surface area contributed by atoms with Gasteiger partial charge in [-0.25, -0.2) is 0 Å². The van der Waals surface area contributed by atoms with Gasteiger partial charge in [0, 0.05) is 11.3 Å². The van der Waals surface area contributed by atoms with E-state index in [1.54, 1.807) is 22.9 Å². The van der Waals surface area contributed by atoms with Crippen LogP contribution in [0, 0.1) is 20.8 Å². The zero-order valence-electron chi connectivity index (χ0n) is 14.8. The van der Waals surface area contributed by atoms with Gasteiger partial charge >= 0.3 is 0 Å². The van der Waals surface area contributed by atoms with Crippen molar-refractivity contribution in [1.29, 1.82) is 0 Å². The molecule has 2 rings (SSSR count). The highest BCUT2D eigenvalue weighted by Crippen LogP contribution is 2.28. The van der Waals surface area contributed by atoms with Crippen LogP contribution in [0.25, 0.3) is 0 Å². The average molecular weight is 332 g/mol. The molecule has 1 aromatic carbocycles. The number of ketones is 1.